The first-order chi connectivity index (χ1) is 8.65. The maximum absolute atomic E-state index is 10.3. The van der Waals surface area contributed by atoms with Gasteiger partial charge in [-0.15, -0.1) is 0 Å². The van der Waals surface area contributed by atoms with E-state index in [0.717, 1.165) is 58.5 Å². The van der Waals surface area contributed by atoms with Gasteiger partial charge in [0.2, 0.25) is 0 Å². The predicted molar refractivity (Wildman–Crippen MR) is 72.7 cm³/mol. The van der Waals surface area contributed by atoms with Gasteiger partial charge in [-0.3, -0.25) is 0 Å². The second kappa shape index (κ2) is 6.85. The van der Waals surface area contributed by atoms with Gasteiger partial charge in [0.25, 0.3) is 0 Å². The SMILES string of the molecule is CN1CCN(C)C(CC(O)CC2CCOCC2)C1. The van der Waals surface area contributed by atoms with Crippen LogP contribution in [-0.2, 0) is 4.74 Å². The Morgan fingerprint density at radius 1 is 1.17 bits per heavy atom. The number of nitrogens with zero attached hydrogens (tertiary/aromatic N) is 2. The van der Waals surface area contributed by atoms with Crippen molar-refractivity contribution in [2.75, 3.05) is 46.9 Å². The third-order valence-electron chi connectivity index (χ3n) is 4.47. The first-order valence-corrected chi connectivity index (χ1v) is 7.29. The molecule has 2 atom stereocenters. The van der Waals surface area contributed by atoms with Crippen LogP contribution < -0.4 is 0 Å². The second-order valence-electron chi connectivity index (χ2n) is 6.08. The topological polar surface area (TPSA) is 35.9 Å². The van der Waals surface area contributed by atoms with Crippen molar-refractivity contribution >= 4 is 0 Å². The summed E-state index contributed by atoms with van der Waals surface area (Å²) in [6, 6.07) is 0.513. The Hall–Kier alpha value is -0.160. The minimum Gasteiger partial charge on any atom is -0.393 e. The van der Waals surface area contributed by atoms with Gasteiger partial charge in [0, 0.05) is 38.9 Å². The van der Waals surface area contributed by atoms with Gasteiger partial charge >= 0.3 is 0 Å². The van der Waals surface area contributed by atoms with E-state index in [1.807, 2.05) is 0 Å². The molecule has 0 spiro atoms. The monoisotopic (exact) mass is 256 g/mol. The van der Waals surface area contributed by atoms with E-state index in [4.69, 9.17) is 4.74 Å². The molecule has 2 unspecified atom stereocenters. The lowest BCUT2D eigenvalue weighted by Crippen LogP contribution is -2.51. The van der Waals surface area contributed by atoms with E-state index < -0.39 is 0 Å². The number of likely N-dealkylation sites (N-methyl/N-ethyl adjacent to an activating group) is 2. The number of hydrogen-bond acceptors (Lipinski definition) is 4. The fraction of sp³-hybridized carbons (Fsp3) is 1.00. The van der Waals surface area contributed by atoms with E-state index in [-0.39, 0.29) is 6.10 Å². The van der Waals surface area contributed by atoms with Crippen molar-refractivity contribution in [1.29, 1.82) is 0 Å². The number of aliphatic hydroxyl groups is 1. The van der Waals surface area contributed by atoms with Crippen LogP contribution in [0.1, 0.15) is 25.7 Å². The van der Waals surface area contributed by atoms with E-state index in [1.165, 1.54) is 0 Å². The Kier molecular flexibility index (Phi) is 5.42. The zero-order valence-corrected chi connectivity index (χ0v) is 11.8. The summed E-state index contributed by atoms with van der Waals surface area (Å²) < 4.78 is 5.37. The summed E-state index contributed by atoms with van der Waals surface area (Å²) in [4.78, 5) is 4.76. The molecule has 2 aliphatic rings. The maximum Gasteiger partial charge on any atom is 0.0558 e. The van der Waals surface area contributed by atoms with E-state index in [0.29, 0.717) is 12.0 Å². The van der Waals surface area contributed by atoms with Gasteiger partial charge in [-0.25, -0.2) is 0 Å². The highest BCUT2D eigenvalue weighted by Gasteiger charge is 2.26. The fourth-order valence-corrected chi connectivity index (χ4v) is 3.13. The Bertz CT molecular complexity index is 244. The summed E-state index contributed by atoms with van der Waals surface area (Å²) in [5, 5.41) is 10.3. The molecule has 0 saturated carbocycles. The van der Waals surface area contributed by atoms with Crippen LogP contribution in [0.4, 0.5) is 0 Å². The first kappa shape index (κ1) is 14.3. The van der Waals surface area contributed by atoms with Crippen molar-refractivity contribution in [1.82, 2.24) is 9.80 Å². The molecule has 4 nitrogen and oxygen atoms in total. The molecule has 0 amide bonds. The lowest BCUT2D eigenvalue weighted by Gasteiger charge is -2.39. The number of piperazine rings is 1. The van der Waals surface area contributed by atoms with E-state index in [1.54, 1.807) is 0 Å². The molecule has 0 aromatic carbocycles. The van der Waals surface area contributed by atoms with Crippen LogP contribution in [0.15, 0.2) is 0 Å². The smallest absolute Gasteiger partial charge is 0.0558 e. The normalized spacial score (nSPS) is 30.5. The second-order valence-corrected chi connectivity index (χ2v) is 6.08. The molecule has 0 radical (unpaired) electrons. The van der Waals surface area contributed by atoms with Crippen LogP contribution in [-0.4, -0.2) is 74.0 Å². The summed E-state index contributed by atoms with van der Waals surface area (Å²) in [6.07, 6.45) is 3.97. The van der Waals surface area contributed by atoms with Gasteiger partial charge in [0.1, 0.15) is 0 Å². The van der Waals surface area contributed by atoms with E-state index >= 15 is 0 Å². The van der Waals surface area contributed by atoms with Gasteiger partial charge in [-0.2, -0.15) is 0 Å². The lowest BCUT2D eigenvalue weighted by atomic mass is 9.91. The van der Waals surface area contributed by atoms with Crippen molar-refractivity contribution in [2.24, 2.45) is 5.92 Å². The molecule has 2 saturated heterocycles. The average Bonchev–Trinajstić information content (AvgIpc) is 2.35. The van der Waals surface area contributed by atoms with Crippen molar-refractivity contribution in [3.05, 3.63) is 0 Å². The van der Waals surface area contributed by atoms with Crippen LogP contribution >= 0.6 is 0 Å². The van der Waals surface area contributed by atoms with Crippen LogP contribution in [0.25, 0.3) is 0 Å². The standard InChI is InChI=1S/C14H28N2O2/c1-15-5-6-16(2)13(11-15)10-14(17)9-12-3-7-18-8-4-12/h12-14,17H,3-11H2,1-2H3. The molecule has 18 heavy (non-hydrogen) atoms. The van der Waals surface area contributed by atoms with Crippen LogP contribution in [0.3, 0.4) is 0 Å². The molecule has 2 fully saturated rings. The molecular weight excluding hydrogens is 228 g/mol. The molecule has 0 aliphatic carbocycles. The largest absolute Gasteiger partial charge is 0.393 e. The number of aliphatic hydroxyl groups excluding tert-OH is 1. The molecule has 0 aromatic heterocycles. The maximum atomic E-state index is 10.3. The molecular formula is C14H28N2O2. The average molecular weight is 256 g/mol. The van der Waals surface area contributed by atoms with Gasteiger partial charge in [-0.1, -0.05) is 0 Å². The highest BCUT2D eigenvalue weighted by Crippen LogP contribution is 2.23. The minimum atomic E-state index is -0.146. The Morgan fingerprint density at radius 2 is 1.89 bits per heavy atom. The Labute approximate surface area is 111 Å². The van der Waals surface area contributed by atoms with E-state index in [9.17, 15) is 5.11 Å². The van der Waals surface area contributed by atoms with E-state index in [2.05, 4.69) is 23.9 Å². The molecule has 0 aromatic rings. The van der Waals surface area contributed by atoms with Crippen molar-refractivity contribution in [3.8, 4) is 0 Å². The first-order valence-electron chi connectivity index (χ1n) is 7.29. The molecule has 106 valence electrons. The molecule has 2 rings (SSSR count). The van der Waals surface area contributed by atoms with Gasteiger partial charge in [0.15, 0.2) is 0 Å². The number of hydrogen-bond donors (Lipinski definition) is 1. The summed E-state index contributed by atoms with van der Waals surface area (Å²) in [7, 11) is 4.35. The van der Waals surface area contributed by atoms with Gasteiger partial charge < -0.3 is 19.6 Å². The van der Waals surface area contributed by atoms with Crippen LogP contribution in [0, 0.1) is 5.92 Å². The van der Waals surface area contributed by atoms with Crippen LogP contribution in [0.2, 0.25) is 0 Å². The molecule has 1 N–H and O–H groups in total. The molecule has 0 bridgehead atoms. The fourth-order valence-electron chi connectivity index (χ4n) is 3.13. The highest BCUT2D eigenvalue weighted by atomic mass is 16.5. The quantitative estimate of drug-likeness (QED) is 0.807. The minimum absolute atomic E-state index is 0.146. The highest BCUT2D eigenvalue weighted by molar-refractivity contribution is 4.81. The zero-order valence-electron chi connectivity index (χ0n) is 11.8. The van der Waals surface area contributed by atoms with Crippen LogP contribution in [0.5, 0.6) is 0 Å². The third kappa shape index (κ3) is 4.19. The van der Waals surface area contributed by atoms with Gasteiger partial charge in [0.05, 0.1) is 6.10 Å². The zero-order chi connectivity index (χ0) is 13.0. The lowest BCUT2D eigenvalue weighted by molar-refractivity contribution is 0.0248. The van der Waals surface area contributed by atoms with Crippen molar-refractivity contribution in [2.45, 2.75) is 37.8 Å². The van der Waals surface area contributed by atoms with Gasteiger partial charge in [-0.05, 0) is 45.7 Å². The van der Waals surface area contributed by atoms with Crippen molar-refractivity contribution < 1.29 is 9.84 Å². The summed E-state index contributed by atoms with van der Waals surface area (Å²) in [5.74, 6) is 0.667. The number of rotatable bonds is 4. The summed E-state index contributed by atoms with van der Waals surface area (Å²) >= 11 is 0. The molecule has 2 aliphatic heterocycles. The Balaban J connectivity index is 1.73. The van der Waals surface area contributed by atoms with Crippen molar-refractivity contribution in [3.63, 3.8) is 0 Å². The predicted octanol–water partition coefficient (Wildman–Crippen LogP) is 0.800. The third-order valence-corrected chi connectivity index (χ3v) is 4.47. The molecule has 2 heterocycles. The molecule has 4 heteroatoms. The number of ether oxygens (including phenoxy) is 1. The summed E-state index contributed by atoms with van der Waals surface area (Å²) in [6.45, 7) is 5.10. The Morgan fingerprint density at radius 3 is 2.61 bits per heavy atom. The summed E-state index contributed by atoms with van der Waals surface area (Å²) in [5.41, 5.74) is 0.